The van der Waals surface area contributed by atoms with E-state index in [1.54, 1.807) is 0 Å². The lowest BCUT2D eigenvalue weighted by molar-refractivity contribution is 0.174. The Morgan fingerprint density at radius 1 is 1.26 bits per heavy atom. The minimum atomic E-state index is 0.306. The van der Waals surface area contributed by atoms with Crippen molar-refractivity contribution in [1.29, 1.82) is 0 Å². The van der Waals surface area contributed by atoms with E-state index in [0.717, 1.165) is 41.5 Å². The van der Waals surface area contributed by atoms with Gasteiger partial charge in [0.15, 0.2) is 11.5 Å². The summed E-state index contributed by atoms with van der Waals surface area (Å²) in [7, 11) is 1.97. The molecule has 5 nitrogen and oxygen atoms in total. The molecule has 2 aromatic rings. The molecule has 0 atom stereocenters. The average molecular weight is 259 g/mol. The summed E-state index contributed by atoms with van der Waals surface area (Å²) >= 11 is 0. The molecule has 2 heterocycles. The lowest BCUT2D eigenvalue weighted by atomic mass is 10.2. The Balaban J connectivity index is 1.70. The van der Waals surface area contributed by atoms with Crippen LogP contribution in [0.4, 0.5) is 5.69 Å². The number of aromatic nitrogens is 2. The molecule has 0 saturated heterocycles. The molecule has 0 fully saturated rings. The third kappa shape index (κ3) is 2.36. The van der Waals surface area contributed by atoms with Crippen LogP contribution < -0.4 is 14.8 Å². The van der Waals surface area contributed by atoms with Gasteiger partial charge in [0.2, 0.25) is 6.79 Å². The number of benzene rings is 1. The molecule has 0 unspecified atom stereocenters. The van der Waals surface area contributed by atoms with Crippen molar-refractivity contribution in [3.8, 4) is 11.5 Å². The van der Waals surface area contributed by atoms with Gasteiger partial charge in [-0.05, 0) is 24.6 Å². The molecular formula is C14H17N3O2. The number of hydrogen-bond acceptors (Lipinski definition) is 4. The molecule has 0 spiro atoms. The van der Waals surface area contributed by atoms with E-state index in [0.29, 0.717) is 6.79 Å². The maximum Gasteiger partial charge on any atom is 0.231 e. The molecule has 1 aromatic heterocycles. The van der Waals surface area contributed by atoms with Crippen molar-refractivity contribution in [2.45, 2.75) is 19.9 Å². The van der Waals surface area contributed by atoms with E-state index in [4.69, 9.17) is 9.47 Å². The van der Waals surface area contributed by atoms with Gasteiger partial charge in [0.25, 0.3) is 0 Å². The van der Waals surface area contributed by atoms with Crippen LogP contribution in [-0.2, 0) is 20.0 Å². The van der Waals surface area contributed by atoms with Crippen molar-refractivity contribution < 1.29 is 9.47 Å². The zero-order valence-corrected chi connectivity index (χ0v) is 11.1. The van der Waals surface area contributed by atoms with Gasteiger partial charge in [-0.15, -0.1) is 0 Å². The van der Waals surface area contributed by atoms with E-state index in [-0.39, 0.29) is 0 Å². The zero-order valence-electron chi connectivity index (χ0n) is 11.1. The van der Waals surface area contributed by atoms with Gasteiger partial charge in [-0.2, -0.15) is 5.10 Å². The van der Waals surface area contributed by atoms with Crippen LogP contribution in [0, 0.1) is 0 Å². The van der Waals surface area contributed by atoms with E-state index in [1.165, 1.54) is 0 Å². The summed E-state index contributed by atoms with van der Waals surface area (Å²) < 4.78 is 12.6. The summed E-state index contributed by atoms with van der Waals surface area (Å²) in [6.45, 7) is 3.15. The fraction of sp³-hybridized carbons (Fsp3) is 0.357. The van der Waals surface area contributed by atoms with Crippen molar-refractivity contribution >= 4 is 5.69 Å². The van der Waals surface area contributed by atoms with Crippen LogP contribution in [0.25, 0.3) is 0 Å². The number of aryl methyl sites for hydroxylation is 2. The van der Waals surface area contributed by atoms with Gasteiger partial charge in [0, 0.05) is 18.8 Å². The van der Waals surface area contributed by atoms with Crippen molar-refractivity contribution in [2.75, 3.05) is 12.1 Å². The molecule has 1 aliphatic heterocycles. The van der Waals surface area contributed by atoms with Crippen molar-refractivity contribution in [3.63, 3.8) is 0 Å². The summed E-state index contributed by atoms with van der Waals surface area (Å²) in [6, 6.07) is 8.00. The molecule has 19 heavy (non-hydrogen) atoms. The highest BCUT2D eigenvalue weighted by Crippen LogP contribution is 2.34. The first kappa shape index (κ1) is 11.9. The zero-order chi connectivity index (χ0) is 13.2. The van der Waals surface area contributed by atoms with Crippen LogP contribution >= 0.6 is 0 Å². The quantitative estimate of drug-likeness (QED) is 0.915. The fourth-order valence-corrected chi connectivity index (χ4v) is 2.11. The SMILES string of the molecule is CCc1cc(CNc2ccc3c(c2)OCO3)n(C)n1. The van der Waals surface area contributed by atoms with Gasteiger partial charge in [-0.1, -0.05) is 6.92 Å². The van der Waals surface area contributed by atoms with Gasteiger partial charge < -0.3 is 14.8 Å². The van der Waals surface area contributed by atoms with Crippen molar-refractivity contribution in [1.82, 2.24) is 9.78 Å². The summed E-state index contributed by atoms with van der Waals surface area (Å²) in [6.07, 6.45) is 0.956. The predicted molar refractivity (Wildman–Crippen MR) is 72.5 cm³/mol. The second-order valence-corrected chi connectivity index (χ2v) is 4.53. The highest BCUT2D eigenvalue weighted by molar-refractivity contribution is 5.55. The maximum absolute atomic E-state index is 5.36. The Hall–Kier alpha value is -2.17. The Bertz CT molecular complexity index is 592. The third-order valence-corrected chi connectivity index (χ3v) is 3.24. The number of ether oxygens (including phenoxy) is 2. The Morgan fingerprint density at radius 3 is 2.89 bits per heavy atom. The van der Waals surface area contributed by atoms with Crippen LogP contribution in [0.5, 0.6) is 11.5 Å². The largest absolute Gasteiger partial charge is 0.454 e. The molecule has 0 bridgehead atoms. The summed E-state index contributed by atoms with van der Waals surface area (Å²) in [5, 5.41) is 7.80. The number of fused-ring (bicyclic) bond motifs is 1. The van der Waals surface area contributed by atoms with Crippen molar-refractivity contribution in [3.05, 3.63) is 35.7 Å². The minimum absolute atomic E-state index is 0.306. The monoisotopic (exact) mass is 259 g/mol. The molecule has 100 valence electrons. The molecule has 1 aliphatic rings. The molecular weight excluding hydrogens is 242 g/mol. The van der Waals surface area contributed by atoms with E-state index in [1.807, 2.05) is 29.9 Å². The van der Waals surface area contributed by atoms with Gasteiger partial charge in [-0.25, -0.2) is 0 Å². The van der Waals surface area contributed by atoms with Gasteiger partial charge in [0.05, 0.1) is 17.9 Å². The first-order chi connectivity index (χ1) is 9.26. The molecule has 0 amide bonds. The Kier molecular flexibility index (Phi) is 3.03. The van der Waals surface area contributed by atoms with E-state index in [2.05, 4.69) is 23.4 Å². The normalized spacial score (nSPS) is 12.7. The summed E-state index contributed by atoms with van der Waals surface area (Å²) in [5.74, 6) is 1.60. The number of nitrogens with zero attached hydrogens (tertiary/aromatic N) is 2. The van der Waals surface area contributed by atoms with E-state index >= 15 is 0 Å². The average Bonchev–Trinajstić information content (AvgIpc) is 3.02. The summed E-state index contributed by atoms with van der Waals surface area (Å²) in [4.78, 5) is 0. The Labute approximate surface area is 112 Å². The lowest BCUT2D eigenvalue weighted by Crippen LogP contribution is -2.05. The molecule has 0 radical (unpaired) electrons. The van der Waals surface area contributed by atoms with Gasteiger partial charge in [0.1, 0.15) is 0 Å². The molecule has 1 N–H and O–H groups in total. The first-order valence-electron chi connectivity index (χ1n) is 6.41. The number of rotatable bonds is 4. The first-order valence-corrected chi connectivity index (χ1v) is 6.41. The second-order valence-electron chi connectivity index (χ2n) is 4.53. The van der Waals surface area contributed by atoms with Crippen molar-refractivity contribution in [2.24, 2.45) is 7.05 Å². The van der Waals surface area contributed by atoms with Gasteiger partial charge in [-0.3, -0.25) is 4.68 Å². The highest BCUT2D eigenvalue weighted by Gasteiger charge is 2.13. The summed E-state index contributed by atoms with van der Waals surface area (Å²) in [5.41, 5.74) is 3.29. The smallest absolute Gasteiger partial charge is 0.231 e. The van der Waals surface area contributed by atoms with Crippen LogP contribution in [0.15, 0.2) is 24.3 Å². The molecule has 5 heteroatoms. The van der Waals surface area contributed by atoms with E-state index < -0.39 is 0 Å². The number of hydrogen-bond donors (Lipinski definition) is 1. The minimum Gasteiger partial charge on any atom is -0.454 e. The molecule has 3 rings (SSSR count). The second kappa shape index (κ2) is 4.84. The number of nitrogens with one attached hydrogen (secondary N) is 1. The van der Waals surface area contributed by atoms with Crippen LogP contribution in [0.1, 0.15) is 18.3 Å². The van der Waals surface area contributed by atoms with Crippen LogP contribution in [-0.4, -0.2) is 16.6 Å². The van der Waals surface area contributed by atoms with Crippen LogP contribution in [0.3, 0.4) is 0 Å². The predicted octanol–water partition coefficient (Wildman–Crippen LogP) is 2.32. The number of anilines is 1. The molecule has 0 aliphatic carbocycles. The highest BCUT2D eigenvalue weighted by atomic mass is 16.7. The lowest BCUT2D eigenvalue weighted by Gasteiger charge is -2.07. The Morgan fingerprint density at radius 2 is 2.11 bits per heavy atom. The van der Waals surface area contributed by atoms with E-state index in [9.17, 15) is 0 Å². The standard InChI is InChI=1S/C14H17N3O2/c1-3-10-6-12(17(2)16-10)8-15-11-4-5-13-14(7-11)19-9-18-13/h4-7,15H,3,8-9H2,1-2H3. The molecule has 0 saturated carbocycles. The molecule has 1 aromatic carbocycles. The third-order valence-electron chi connectivity index (χ3n) is 3.24. The topological polar surface area (TPSA) is 48.3 Å². The van der Waals surface area contributed by atoms with Gasteiger partial charge >= 0.3 is 0 Å². The maximum atomic E-state index is 5.36. The fourth-order valence-electron chi connectivity index (χ4n) is 2.11. The van der Waals surface area contributed by atoms with Crippen LogP contribution in [0.2, 0.25) is 0 Å².